The topological polar surface area (TPSA) is 50.7 Å². The fourth-order valence-electron chi connectivity index (χ4n) is 1.80. The first kappa shape index (κ1) is 11.1. The molecule has 0 spiro atoms. The lowest BCUT2D eigenvalue weighted by Crippen LogP contribution is -2.01. The first-order chi connectivity index (χ1) is 8.76. The summed E-state index contributed by atoms with van der Waals surface area (Å²) in [6, 6.07) is 4.93. The van der Waals surface area contributed by atoms with E-state index >= 15 is 0 Å². The minimum Gasteiger partial charge on any atom is -0.373 e. The van der Waals surface area contributed by atoms with Gasteiger partial charge in [0.2, 0.25) is 0 Å². The molecule has 0 saturated heterocycles. The number of rotatable bonds is 3. The van der Waals surface area contributed by atoms with E-state index in [1.54, 1.807) is 6.07 Å². The number of hydrogen-bond acceptors (Lipinski definition) is 4. The number of anilines is 1. The molecule has 0 atom stereocenters. The van der Waals surface area contributed by atoms with Gasteiger partial charge >= 0.3 is 0 Å². The summed E-state index contributed by atoms with van der Waals surface area (Å²) >= 11 is 0. The largest absolute Gasteiger partial charge is 0.373 e. The predicted molar refractivity (Wildman–Crippen MR) is 66.7 cm³/mol. The highest BCUT2D eigenvalue weighted by Gasteiger charge is 2.26. The number of pyridine rings is 1. The molecule has 0 bridgehead atoms. The Balaban J connectivity index is 2.04. The summed E-state index contributed by atoms with van der Waals surface area (Å²) in [4.78, 5) is 12.9. The molecule has 2 aromatic heterocycles. The maximum atomic E-state index is 12.8. The molecule has 0 radical (unpaired) electrons. The van der Waals surface area contributed by atoms with Gasteiger partial charge in [0.25, 0.3) is 0 Å². The van der Waals surface area contributed by atoms with Crippen LogP contribution in [0.4, 0.5) is 10.2 Å². The number of halogens is 1. The molecule has 1 aliphatic carbocycles. The molecule has 1 saturated carbocycles. The normalized spacial score (nSPS) is 14.6. The van der Waals surface area contributed by atoms with E-state index < -0.39 is 0 Å². The van der Waals surface area contributed by atoms with E-state index in [0.717, 1.165) is 11.5 Å². The van der Waals surface area contributed by atoms with Crippen molar-refractivity contribution in [2.24, 2.45) is 0 Å². The van der Waals surface area contributed by atoms with Crippen molar-refractivity contribution in [1.82, 2.24) is 15.0 Å². The van der Waals surface area contributed by atoms with Crippen LogP contribution in [0, 0.1) is 5.82 Å². The van der Waals surface area contributed by atoms with Crippen molar-refractivity contribution in [1.29, 1.82) is 0 Å². The molecule has 5 heteroatoms. The summed E-state index contributed by atoms with van der Waals surface area (Å²) in [7, 11) is 1.82. The van der Waals surface area contributed by atoms with Crippen LogP contribution in [0.15, 0.2) is 24.4 Å². The molecule has 4 nitrogen and oxygen atoms in total. The van der Waals surface area contributed by atoms with Crippen LogP contribution in [0.25, 0.3) is 11.5 Å². The summed E-state index contributed by atoms with van der Waals surface area (Å²) in [5.74, 6) is 1.50. The van der Waals surface area contributed by atoms with Crippen molar-refractivity contribution in [2.45, 2.75) is 18.8 Å². The standard InChI is InChI=1S/C13H13FN4/c1-15-12-6-11(8-2-3-8)17-13(18-12)10-5-4-9(14)7-16-10/h4-8H,2-3H2,1H3,(H,15,17,18). The molecule has 0 aliphatic heterocycles. The second-order valence-corrected chi connectivity index (χ2v) is 4.39. The van der Waals surface area contributed by atoms with Gasteiger partial charge in [-0.15, -0.1) is 0 Å². The van der Waals surface area contributed by atoms with Crippen LogP contribution < -0.4 is 5.32 Å². The lowest BCUT2D eigenvalue weighted by Gasteiger charge is -2.06. The maximum absolute atomic E-state index is 12.8. The summed E-state index contributed by atoms with van der Waals surface area (Å²) in [6.45, 7) is 0. The van der Waals surface area contributed by atoms with Gasteiger partial charge in [0.1, 0.15) is 17.3 Å². The van der Waals surface area contributed by atoms with Crippen molar-refractivity contribution >= 4 is 5.82 Å². The Morgan fingerprint density at radius 1 is 1.28 bits per heavy atom. The summed E-state index contributed by atoms with van der Waals surface area (Å²) in [5.41, 5.74) is 1.63. The van der Waals surface area contributed by atoms with Gasteiger partial charge in [0.15, 0.2) is 5.82 Å². The van der Waals surface area contributed by atoms with Crippen LogP contribution in [-0.4, -0.2) is 22.0 Å². The zero-order valence-electron chi connectivity index (χ0n) is 10.0. The molecule has 2 heterocycles. The Kier molecular flexibility index (Phi) is 2.66. The monoisotopic (exact) mass is 244 g/mol. The van der Waals surface area contributed by atoms with Crippen LogP contribution in [0.5, 0.6) is 0 Å². The average molecular weight is 244 g/mol. The predicted octanol–water partition coefficient (Wildman–Crippen LogP) is 2.60. The SMILES string of the molecule is CNc1cc(C2CC2)nc(-c2ccc(F)cn2)n1. The Labute approximate surface area is 104 Å². The third kappa shape index (κ3) is 2.16. The molecule has 2 aromatic rings. The van der Waals surface area contributed by atoms with E-state index in [4.69, 9.17) is 0 Å². The van der Waals surface area contributed by atoms with E-state index in [9.17, 15) is 4.39 Å². The average Bonchev–Trinajstić information content (AvgIpc) is 3.23. The van der Waals surface area contributed by atoms with Crippen LogP contribution in [0.3, 0.4) is 0 Å². The quantitative estimate of drug-likeness (QED) is 0.901. The lowest BCUT2D eigenvalue weighted by atomic mass is 10.2. The lowest BCUT2D eigenvalue weighted by molar-refractivity contribution is 0.621. The summed E-state index contributed by atoms with van der Waals surface area (Å²) in [5, 5.41) is 3.02. The second kappa shape index (κ2) is 4.33. The first-order valence-corrected chi connectivity index (χ1v) is 5.95. The highest BCUT2D eigenvalue weighted by atomic mass is 19.1. The van der Waals surface area contributed by atoms with Crippen molar-refractivity contribution in [2.75, 3.05) is 12.4 Å². The van der Waals surface area contributed by atoms with E-state index in [0.29, 0.717) is 17.4 Å². The van der Waals surface area contributed by atoms with Crippen LogP contribution in [0.2, 0.25) is 0 Å². The summed E-state index contributed by atoms with van der Waals surface area (Å²) in [6.07, 6.45) is 3.54. The summed E-state index contributed by atoms with van der Waals surface area (Å²) < 4.78 is 12.8. The van der Waals surface area contributed by atoms with Gasteiger partial charge < -0.3 is 5.32 Å². The second-order valence-electron chi connectivity index (χ2n) is 4.39. The van der Waals surface area contributed by atoms with Crippen molar-refractivity contribution in [3.05, 3.63) is 35.9 Å². The van der Waals surface area contributed by atoms with E-state index in [-0.39, 0.29) is 5.82 Å². The van der Waals surface area contributed by atoms with Crippen molar-refractivity contribution in [3.8, 4) is 11.5 Å². The zero-order valence-corrected chi connectivity index (χ0v) is 10.0. The smallest absolute Gasteiger partial charge is 0.180 e. The number of aromatic nitrogens is 3. The maximum Gasteiger partial charge on any atom is 0.180 e. The van der Waals surface area contributed by atoms with E-state index in [1.807, 2.05) is 13.1 Å². The zero-order chi connectivity index (χ0) is 12.5. The van der Waals surface area contributed by atoms with E-state index in [1.165, 1.54) is 25.1 Å². The Bertz CT molecular complexity index is 564. The first-order valence-electron chi connectivity index (χ1n) is 5.95. The molecular weight excluding hydrogens is 231 g/mol. The minimum absolute atomic E-state index is 0.356. The molecule has 0 unspecified atom stereocenters. The Hall–Kier alpha value is -2.04. The Morgan fingerprint density at radius 2 is 2.11 bits per heavy atom. The van der Waals surface area contributed by atoms with Gasteiger partial charge in [-0.25, -0.2) is 19.3 Å². The Morgan fingerprint density at radius 3 is 2.72 bits per heavy atom. The van der Waals surface area contributed by atoms with Crippen LogP contribution >= 0.6 is 0 Å². The molecule has 1 fully saturated rings. The van der Waals surface area contributed by atoms with Crippen LogP contribution in [0.1, 0.15) is 24.5 Å². The third-order valence-corrected chi connectivity index (χ3v) is 2.95. The molecular formula is C13H13FN4. The third-order valence-electron chi connectivity index (χ3n) is 2.95. The fraction of sp³-hybridized carbons (Fsp3) is 0.308. The van der Waals surface area contributed by atoms with Crippen molar-refractivity contribution in [3.63, 3.8) is 0 Å². The van der Waals surface area contributed by atoms with Gasteiger partial charge in [0.05, 0.1) is 6.20 Å². The molecule has 92 valence electrons. The molecule has 0 amide bonds. The molecule has 1 N–H and O–H groups in total. The van der Waals surface area contributed by atoms with Crippen molar-refractivity contribution < 1.29 is 4.39 Å². The minimum atomic E-state index is -0.356. The van der Waals surface area contributed by atoms with Gasteiger partial charge in [-0.1, -0.05) is 0 Å². The van der Waals surface area contributed by atoms with Gasteiger partial charge in [-0.2, -0.15) is 0 Å². The highest BCUT2D eigenvalue weighted by Crippen LogP contribution is 2.40. The highest BCUT2D eigenvalue weighted by molar-refractivity contribution is 5.53. The van der Waals surface area contributed by atoms with E-state index in [2.05, 4.69) is 20.3 Å². The molecule has 0 aromatic carbocycles. The van der Waals surface area contributed by atoms with Gasteiger partial charge in [-0.05, 0) is 25.0 Å². The number of nitrogens with one attached hydrogen (secondary N) is 1. The number of nitrogens with zero attached hydrogens (tertiary/aromatic N) is 3. The molecule has 18 heavy (non-hydrogen) atoms. The van der Waals surface area contributed by atoms with Gasteiger partial charge in [0, 0.05) is 24.7 Å². The van der Waals surface area contributed by atoms with Gasteiger partial charge in [-0.3, -0.25) is 0 Å². The van der Waals surface area contributed by atoms with Crippen LogP contribution in [-0.2, 0) is 0 Å². The fourth-order valence-corrected chi connectivity index (χ4v) is 1.80. The molecule has 1 aliphatic rings. The number of hydrogen-bond donors (Lipinski definition) is 1. The molecule has 3 rings (SSSR count).